The van der Waals surface area contributed by atoms with Gasteiger partial charge in [-0.25, -0.2) is 18.6 Å². The second kappa shape index (κ2) is 7.41. The molecule has 0 aliphatic carbocycles. The summed E-state index contributed by atoms with van der Waals surface area (Å²) in [6.45, 7) is 0.904. The number of halogens is 2. The van der Waals surface area contributed by atoms with Gasteiger partial charge in [-0.15, -0.1) is 0 Å². The molecule has 1 amide bonds. The van der Waals surface area contributed by atoms with Gasteiger partial charge in [0, 0.05) is 19.2 Å². The van der Waals surface area contributed by atoms with Crippen molar-refractivity contribution in [3.05, 3.63) is 48.2 Å². The van der Waals surface area contributed by atoms with Crippen molar-refractivity contribution in [2.75, 3.05) is 36.0 Å². The number of ketones is 1. The SMILES string of the molecule is O=C1C=CN(c2ccc(N3C[C@H](COC4=NCC=C4)OC3=O)c(F)c2F)CC1. The molecule has 146 valence electrons. The Morgan fingerprint density at radius 1 is 1.18 bits per heavy atom. The Morgan fingerprint density at radius 2 is 1.96 bits per heavy atom. The van der Waals surface area contributed by atoms with Gasteiger partial charge < -0.3 is 14.4 Å². The van der Waals surface area contributed by atoms with Crippen molar-refractivity contribution in [2.45, 2.75) is 12.5 Å². The van der Waals surface area contributed by atoms with E-state index in [0.29, 0.717) is 12.4 Å². The minimum absolute atomic E-state index is 0.00322. The van der Waals surface area contributed by atoms with Crippen molar-refractivity contribution in [3.63, 3.8) is 0 Å². The van der Waals surface area contributed by atoms with Gasteiger partial charge in [-0.05, 0) is 24.3 Å². The van der Waals surface area contributed by atoms with Gasteiger partial charge in [0.1, 0.15) is 6.61 Å². The molecule has 9 heteroatoms. The van der Waals surface area contributed by atoms with Crippen LogP contribution in [-0.2, 0) is 14.3 Å². The van der Waals surface area contributed by atoms with Crippen LogP contribution in [0.1, 0.15) is 6.42 Å². The highest BCUT2D eigenvalue weighted by molar-refractivity contribution is 5.92. The average molecular weight is 389 g/mol. The predicted molar refractivity (Wildman–Crippen MR) is 97.5 cm³/mol. The maximum Gasteiger partial charge on any atom is 0.414 e. The minimum Gasteiger partial charge on any atom is -0.474 e. The number of nitrogens with zero attached hydrogens (tertiary/aromatic N) is 3. The summed E-state index contributed by atoms with van der Waals surface area (Å²) in [5.74, 6) is -1.86. The zero-order chi connectivity index (χ0) is 19.7. The van der Waals surface area contributed by atoms with Crippen LogP contribution in [-0.4, -0.2) is 50.1 Å². The lowest BCUT2D eigenvalue weighted by atomic mass is 10.1. The topological polar surface area (TPSA) is 71.4 Å². The number of amides is 1. The molecule has 1 atom stereocenters. The van der Waals surface area contributed by atoms with Gasteiger partial charge >= 0.3 is 6.09 Å². The van der Waals surface area contributed by atoms with Gasteiger partial charge in [0.05, 0.1) is 24.5 Å². The van der Waals surface area contributed by atoms with Gasteiger partial charge in [0.15, 0.2) is 23.5 Å². The molecule has 3 aliphatic rings. The number of rotatable bonds is 4. The normalized spacial score (nSPS) is 21.4. The third-order valence-electron chi connectivity index (χ3n) is 4.59. The van der Waals surface area contributed by atoms with Crippen molar-refractivity contribution in [1.82, 2.24) is 0 Å². The molecular weight excluding hydrogens is 372 g/mol. The van der Waals surface area contributed by atoms with Crippen LogP contribution in [0.5, 0.6) is 0 Å². The molecule has 0 spiro atoms. The van der Waals surface area contributed by atoms with Crippen molar-refractivity contribution >= 4 is 29.1 Å². The lowest BCUT2D eigenvalue weighted by Crippen LogP contribution is -2.28. The van der Waals surface area contributed by atoms with Crippen LogP contribution in [0.15, 0.2) is 41.6 Å². The zero-order valence-corrected chi connectivity index (χ0v) is 14.8. The number of carbonyl (C=O) groups is 2. The van der Waals surface area contributed by atoms with E-state index in [1.807, 2.05) is 6.08 Å². The molecule has 0 aromatic heterocycles. The molecule has 1 aromatic carbocycles. The highest BCUT2D eigenvalue weighted by Gasteiger charge is 2.35. The number of carbonyl (C=O) groups excluding carboxylic acids is 2. The van der Waals surface area contributed by atoms with Crippen molar-refractivity contribution in [2.24, 2.45) is 4.99 Å². The molecule has 28 heavy (non-hydrogen) atoms. The molecular formula is C19H17F2N3O4. The third-order valence-corrected chi connectivity index (χ3v) is 4.59. The van der Waals surface area contributed by atoms with Crippen LogP contribution >= 0.6 is 0 Å². The van der Waals surface area contributed by atoms with E-state index in [0.717, 1.165) is 4.90 Å². The van der Waals surface area contributed by atoms with Crippen molar-refractivity contribution in [1.29, 1.82) is 0 Å². The van der Waals surface area contributed by atoms with Crippen LogP contribution in [0.3, 0.4) is 0 Å². The quantitative estimate of drug-likeness (QED) is 0.792. The largest absolute Gasteiger partial charge is 0.474 e. The Kier molecular flexibility index (Phi) is 4.81. The highest BCUT2D eigenvalue weighted by atomic mass is 19.2. The van der Waals surface area contributed by atoms with E-state index in [2.05, 4.69) is 4.99 Å². The Bertz CT molecular complexity index is 913. The summed E-state index contributed by atoms with van der Waals surface area (Å²) < 4.78 is 39.9. The standard InChI is InChI=1S/C19H17F2N3O4/c20-17-14(23-8-5-12(25)6-9-23)3-4-15(18(17)21)24-10-13(28-19(24)26)11-27-16-2-1-7-22-16/h1-5,8,13H,6-7,9-11H2/t13-/m1/s1. The van der Waals surface area contributed by atoms with E-state index in [1.165, 1.54) is 29.3 Å². The Balaban J connectivity index is 1.48. The first-order valence-corrected chi connectivity index (χ1v) is 8.80. The molecule has 1 saturated heterocycles. The first-order chi connectivity index (χ1) is 13.5. The lowest BCUT2D eigenvalue weighted by Gasteiger charge is -2.24. The van der Waals surface area contributed by atoms with E-state index < -0.39 is 23.8 Å². The number of anilines is 2. The fourth-order valence-corrected chi connectivity index (χ4v) is 3.15. The second-order valence-corrected chi connectivity index (χ2v) is 6.47. The summed E-state index contributed by atoms with van der Waals surface area (Å²) in [6.07, 6.45) is 5.11. The summed E-state index contributed by atoms with van der Waals surface area (Å²) in [4.78, 5) is 29.9. The Labute approximate surface area is 159 Å². The summed E-state index contributed by atoms with van der Waals surface area (Å²) in [7, 11) is 0. The monoisotopic (exact) mass is 389 g/mol. The fourth-order valence-electron chi connectivity index (χ4n) is 3.15. The Hall–Kier alpha value is -3.23. The number of hydrogen-bond acceptors (Lipinski definition) is 6. The summed E-state index contributed by atoms with van der Waals surface area (Å²) in [5.41, 5.74) is -0.201. The maximum atomic E-state index is 14.7. The van der Waals surface area contributed by atoms with Crippen LogP contribution in [0.2, 0.25) is 0 Å². The van der Waals surface area contributed by atoms with Crippen LogP contribution in [0, 0.1) is 11.6 Å². The van der Waals surface area contributed by atoms with Gasteiger partial charge in [-0.2, -0.15) is 0 Å². The molecule has 3 aliphatic heterocycles. The van der Waals surface area contributed by atoms with Crippen molar-refractivity contribution < 1.29 is 27.8 Å². The maximum absolute atomic E-state index is 14.7. The van der Waals surface area contributed by atoms with E-state index in [-0.39, 0.29) is 43.3 Å². The first kappa shape index (κ1) is 18.1. The zero-order valence-electron chi connectivity index (χ0n) is 14.8. The second-order valence-electron chi connectivity index (χ2n) is 6.47. The van der Waals surface area contributed by atoms with Gasteiger partial charge in [-0.3, -0.25) is 9.69 Å². The number of aliphatic imine (C=N–C) groups is 1. The van der Waals surface area contributed by atoms with E-state index in [1.54, 1.807) is 6.08 Å². The molecule has 0 saturated carbocycles. The van der Waals surface area contributed by atoms with E-state index >= 15 is 0 Å². The molecule has 0 bridgehead atoms. The molecule has 7 nitrogen and oxygen atoms in total. The Morgan fingerprint density at radius 3 is 2.68 bits per heavy atom. The molecule has 3 heterocycles. The molecule has 1 aromatic rings. The molecule has 0 N–H and O–H groups in total. The molecule has 1 fully saturated rings. The number of hydrogen-bond donors (Lipinski definition) is 0. The predicted octanol–water partition coefficient (Wildman–Crippen LogP) is 2.57. The fraction of sp³-hybridized carbons (Fsp3) is 0.316. The molecule has 0 radical (unpaired) electrons. The van der Waals surface area contributed by atoms with Crippen molar-refractivity contribution in [3.8, 4) is 0 Å². The first-order valence-electron chi connectivity index (χ1n) is 8.80. The van der Waals surface area contributed by atoms with Crippen LogP contribution in [0.25, 0.3) is 0 Å². The minimum atomic E-state index is -1.15. The van der Waals surface area contributed by atoms with Crippen LogP contribution in [0.4, 0.5) is 25.0 Å². The van der Waals surface area contributed by atoms with Gasteiger partial charge in [0.25, 0.3) is 0 Å². The van der Waals surface area contributed by atoms with E-state index in [4.69, 9.17) is 9.47 Å². The van der Waals surface area contributed by atoms with Crippen LogP contribution < -0.4 is 9.80 Å². The summed E-state index contributed by atoms with van der Waals surface area (Å²) in [5, 5.41) is 0. The van der Waals surface area contributed by atoms with E-state index in [9.17, 15) is 18.4 Å². The molecule has 0 unspecified atom stereocenters. The lowest BCUT2D eigenvalue weighted by molar-refractivity contribution is -0.114. The summed E-state index contributed by atoms with van der Waals surface area (Å²) in [6, 6.07) is 2.70. The number of cyclic esters (lactones) is 1. The smallest absolute Gasteiger partial charge is 0.414 e. The number of allylic oxidation sites excluding steroid dienone is 1. The number of benzene rings is 1. The number of ether oxygens (including phenoxy) is 2. The molecule has 4 rings (SSSR count). The average Bonchev–Trinajstić information content (AvgIpc) is 3.33. The van der Waals surface area contributed by atoms with Gasteiger partial charge in [-0.1, -0.05) is 6.08 Å². The highest BCUT2D eigenvalue weighted by Crippen LogP contribution is 2.32. The summed E-state index contributed by atoms with van der Waals surface area (Å²) >= 11 is 0. The van der Waals surface area contributed by atoms with Gasteiger partial charge in [0.2, 0.25) is 5.90 Å². The third kappa shape index (κ3) is 3.47.